The maximum Gasteiger partial charge on any atom is 0.303 e. The number of carbonyl (C=O) groups is 1. The summed E-state index contributed by atoms with van der Waals surface area (Å²) in [4.78, 5) is 10.4. The average molecular weight is 292 g/mol. The predicted octanol–water partition coefficient (Wildman–Crippen LogP) is 2.25. The molecule has 112 valence electrons. The molecule has 1 aromatic carbocycles. The van der Waals surface area contributed by atoms with Crippen LogP contribution in [-0.2, 0) is 11.2 Å². The molecule has 0 aliphatic rings. The molecule has 7 heteroatoms. The Morgan fingerprint density at radius 3 is 2.81 bits per heavy atom. The molecule has 0 saturated heterocycles. The lowest BCUT2D eigenvalue weighted by molar-refractivity contribution is -0.137. The van der Waals surface area contributed by atoms with Crippen molar-refractivity contribution in [2.75, 3.05) is 7.11 Å². The van der Waals surface area contributed by atoms with Gasteiger partial charge in [0.25, 0.3) is 0 Å². The van der Waals surface area contributed by atoms with Crippen molar-refractivity contribution < 1.29 is 24.2 Å². The topological polar surface area (TPSA) is 106 Å². The SMILES string of the molecule is COc1ccc(-c2nnc(CCCCC(=O)O)o2)cc1O. The molecule has 0 aliphatic carbocycles. The van der Waals surface area contributed by atoms with Crippen LogP contribution < -0.4 is 4.74 Å². The van der Waals surface area contributed by atoms with Gasteiger partial charge in [0.2, 0.25) is 11.8 Å². The number of phenols is 1. The number of aromatic nitrogens is 2. The maximum atomic E-state index is 10.4. The van der Waals surface area contributed by atoms with Gasteiger partial charge in [0.05, 0.1) is 7.11 Å². The maximum absolute atomic E-state index is 10.4. The number of rotatable bonds is 7. The van der Waals surface area contributed by atoms with E-state index in [0.29, 0.717) is 42.4 Å². The van der Waals surface area contributed by atoms with Crippen molar-refractivity contribution in [1.29, 1.82) is 0 Å². The van der Waals surface area contributed by atoms with Crippen molar-refractivity contribution in [1.82, 2.24) is 10.2 Å². The molecule has 0 fully saturated rings. The second-order valence-corrected chi connectivity index (χ2v) is 4.49. The second kappa shape index (κ2) is 6.74. The molecular formula is C14H16N2O5. The molecule has 1 heterocycles. The van der Waals surface area contributed by atoms with Crippen molar-refractivity contribution in [3.8, 4) is 23.0 Å². The zero-order valence-electron chi connectivity index (χ0n) is 11.6. The van der Waals surface area contributed by atoms with Gasteiger partial charge in [-0.15, -0.1) is 10.2 Å². The Labute approximate surface area is 121 Å². The van der Waals surface area contributed by atoms with Crippen LogP contribution in [0.3, 0.4) is 0 Å². The fourth-order valence-corrected chi connectivity index (χ4v) is 1.85. The van der Waals surface area contributed by atoms with Crippen LogP contribution in [-0.4, -0.2) is 33.5 Å². The van der Waals surface area contributed by atoms with Crippen LogP contribution in [0.4, 0.5) is 0 Å². The van der Waals surface area contributed by atoms with Gasteiger partial charge >= 0.3 is 5.97 Å². The highest BCUT2D eigenvalue weighted by molar-refractivity contribution is 5.66. The summed E-state index contributed by atoms with van der Waals surface area (Å²) in [6, 6.07) is 4.81. The standard InChI is InChI=1S/C14H16N2O5/c1-20-11-7-6-9(8-10(11)17)14-16-15-12(21-14)4-2-3-5-13(18)19/h6-8,17H,2-5H2,1H3,(H,18,19). The second-order valence-electron chi connectivity index (χ2n) is 4.49. The Bertz CT molecular complexity index is 624. The van der Waals surface area contributed by atoms with Gasteiger partial charge in [-0.05, 0) is 31.0 Å². The monoisotopic (exact) mass is 292 g/mol. The summed E-state index contributed by atoms with van der Waals surface area (Å²) in [5, 5.41) is 26.1. The number of methoxy groups -OCH3 is 1. The van der Waals surface area contributed by atoms with Gasteiger partial charge in [0, 0.05) is 18.4 Å². The number of nitrogens with zero attached hydrogens (tertiary/aromatic N) is 2. The predicted molar refractivity (Wildman–Crippen MR) is 73.1 cm³/mol. The fraction of sp³-hybridized carbons (Fsp3) is 0.357. The molecule has 0 saturated carbocycles. The van der Waals surface area contributed by atoms with Gasteiger partial charge in [-0.25, -0.2) is 0 Å². The molecule has 0 radical (unpaired) electrons. The quantitative estimate of drug-likeness (QED) is 0.754. The van der Waals surface area contributed by atoms with E-state index in [2.05, 4.69) is 10.2 Å². The first-order chi connectivity index (χ1) is 10.1. The molecule has 0 aliphatic heterocycles. The Kier molecular flexibility index (Phi) is 4.76. The van der Waals surface area contributed by atoms with E-state index in [1.165, 1.54) is 13.2 Å². The molecular weight excluding hydrogens is 276 g/mol. The number of phenolic OH excluding ortho intramolecular Hbond substituents is 1. The lowest BCUT2D eigenvalue weighted by Crippen LogP contribution is -1.95. The summed E-state index contributed by atoms with van der Waals surface area (Å²) in [6.07, 6.45) is 1.90. The molecule has 21 heavy (non-hydrogen) atoms. The minimum absolute atomic E-state index is 0.00351. The van der Waals surface area contributed by atoms with E-state index in [4.69, 9.17) is 14.3 Å². The Hall–Kier alpha value is -2.57. The average Bonchev–Trinajstić information content (AvgIpc) is 2.92. The number of hydrogen-bond acceptors (Lipinski definition) is 6. The van der Waals surface area contributed by atoms with E-state index in [-0.39, 0.29) is 12.2 Å². The summed E-state index contributed by atoms with van der Waals surface area (Å²) in [5.74, 6) is 0.310. The highest BCUT2D eigenvalue weighted by Gasteiger charge is 2.11. The first-order valence-electron chi connectivity index (χ1n) is 6.51. The van der Waals surface area contributed by atoms with Gasteiger partial charge in [-0.1, -0.05) is 0 Å². The third kappa shape index (κ3) is 3.95. The highest BCUT2D eigenvalue weighted by atomic mass is 16.5. The normalized spacial score (nSPS) is 10.5. The number of benzene rings is 1. The van der Waals surface area contributed by atoms with E-state index >= 15 is 0 Å². The summed E-state index contributed by atoms with van der Waals surface area (Å²) in [5.41, 5.74) is 0.595. The van der Waals surface area contributed by atoms with Gasteiger partial charge < -0.3 is 19.4 Å². The van der Waals surface area contributed by atoms with Crippen LogP contribution in [0.15, 0.2) is 22.6 Å². The molecule has 1 aromatic heterocycles. The van der Waals surface area contributed by atoms with Gasteiger partial charge in [-0.3, -0.25) is 4.79 Å². The molecule has 0 bridgehead atoms. The van der Waals surface area contributed by atoms with Crippen molar-refractivity contribution in [2.24, 2.45) is 0 Å². The number of aryl methyl sites for hydroxylation is 1. The lowest BCUT2D eigenvalue weighted by atomic mass is 10.2. The largest absolute Gasteiger partial charge is 0.504 e. The minimum Gasteiger partial charge on any atom is -0.504 e. The van der Waals surface area contributed by atoms with Crippen LogP contribution in [0.5, 0.6) is 11.5 Å². The van der Waals surface area contributed by atoms with E-state index < -0.39 is 5.97 Å². The Morgan fingerprint density at radius 2 is 2.14 bits per heavy atom. The summed E-state index contributed by atoms with van der Waals surface area (Å²) in [7, 11) is 1.47. The van der Waals surface area contributed by atoms with Crippen LogP contribution in [0.25, 0.3) is 11.5 Å². The van der Waals surface area contributed by atoms with Crippen molar-refractivity contribution in [3.05, 3.63) is 24.1 Å². The van der Waals surface area contributed by atoms with Crippen LogP contribution in [0.2, 0.25) is 0 Å². The van der Waals surface area contributed by atoms with E-state index in [1.54, 1.807) is 12.1 Å². The van der Waals surface area contributed by atoms with Crippen LogP contribution >= 0.6 is 0 Å². The van der Waals surface area contributed by atoms with Crippen LogP contribution in [0.1, 0.15) is 25.2 Å². The smallest absolute Gasteiger partial charge is 0.303 e. The number of aromatic hydroxyl groups is 1. The molecule has 2 aromatic rings. The van der Waals surface area contributed by atoms with Crippen LogP contribution in [0, 0.1) is 0 Å². The highest BCUT2D eigenvalue weighted by Crippen LogP contribution is 2.30. The van der Waals surface area contributed by atoms with Crippen molar-refractivity contribution in [2.45, 2.75) is 25.7 Å². The molecule has 2 rings (SSSR count). The molecule has 7 nitrogen and oxygen atoms in total. The number of carboxylic acids is 1. The number of aliphatic carboxylic acids is 1. The zero-order chi connectivity index (χ0) is 15.2. The number of ether oxygens (including phenoxy) is 1. The molecule has 0 spiro atoms. The molecule has 0 amide bonds. The Morgan fingerprint density at radius 1 is 1.33 bits per heavy atom. The lowest BCUT2D eigenvalue weighted by Gasteiger charge is -2.03. The van der Waals surface area contributed by atoms with Crippen molar-refractivity contribution in [3.63, 3.8) is 0 Å². The van der Waals surface area contributed by atoms with E-state index in [1.807, 2.05) is 0 Å². The number of carboxylic acid groups (broad SMARTS) is 1. The summed E-state index contributed by atoms with van der Waals surface area (Å²) in [6.45, 7) is 0. The minimum atomic E-state index is -0.810. The first-order valence-corrected chi connectivity index (χ1v) is 6.51. The summed E-state index contributed by atoms with van der Waals surface area (Å²) < 4.78 is 10.4. The first kappa shape index (κ1) is 14.8. The molecule has 0 unspecified atom stereocenters. The fourth-order valence-electron chi connectivity index (χ4n) is 1.85. The third-order valence-corrected chi connectivity index (χ3v) is 2.92. The number of hydrogen-bond donors (Lipinski definition) is 2. The van der Waals surface area contributed by atoms with E-state index in [9.17, 15) is 9.90 Å². The Balaban J connectivity index is 1.99. The molecule has 2 N–H and O–H groups in total. The van der Waals surface area contributed by atoms with Gasteiger partial charge in [0.15, 0.2) is 11.5 Å². The number of unbranched alkanes of at least 4 members (excludes halogenated alkanes) is 1. The van der Waals surface area contributed by atoms with Gasteiger partial charge in [0.1, 0.15) is 0 Å². The van der Waals surface area contributed by atoms with Crippen molar-refractivity contribution >= 4 is 5.97 Å². The zero-order valence-corrected chi connectivity index (χ0v) is 11.6. The van der Waals surface area contributed by atoms with E-state index in [0.717, 1.165) is 0 Å². The van der Waals surface area contributed by atoms with Gasteiger partial charge in [-0.2, -0.15) is 0 Å². The molecule has 0 atom stereocenters. The third-order valence-electron chi connectivity index (χ3n) is 2.92. The summed E-state index contributed by atoms with van der Waals surface area (Å²) >= 11 is 0.